The first-order valence-electron chi connectivity index (χ1n) is 3.59. The standard InChI is InChI=1S/C6H11N3O2/c1-3-5-7-8-6(10)9(5)11-4-2/h3-4H2,1-2H3,(H,8,10). The fourth-order valence-corrected chi connectivity index (χ4v) is 0.805. The fraction of sp³-hybridized carbons (Fsp3) is 0.667. The molecule has 1 aromatic heterocycles. The topological polar surface area (TPSA) is 59.9 Å². The number of hydrogen-bond donors (Lipinski definition) is 1. The van der Waals surface area contributed by atoms with Crippen LogP contribution in [0.5, 0.6) is 0 Å². The smallest absolute Gasteiger partial charge is 0.376 e. The summed E-state index contributed by atoms with van der Waals surface area (Å²) in [6.07, 6.45) is 0.679. The van der Waals surface area contributed by atoms with E-state index in [1.165, 1.54) is 4.73 Å². The summed E-state index contributed by atoms with van der Waals surface area (Å²) in [4.78, 5) is 15.9. The lowest BCUT2D eigenvalue weighted by molar-refractivity contribution is 0.107. The van der Waals surface area contributed by atoms with Crippen LogP contribution in [0, 0.1) is 0 Å². The second-order valence-corrected chi connectivity index (χ2v) is 2.01. The van der Waals surface area contributed by atoms with Gasteiger partial charge in [-0.25, -0.2) is 9.89 Å². The van der Waals surface area contributed by atoms with E-state index in [1.54, 1.807) is 0 Å². The van der Waals surface area contributed by atoms with Crippen molar-refractivity contribution in [1.29, 1.82) is 0 Å². The zero-order valence-corrected chi connectivity index (χ0v) is 6.63. The Morgan fingerprint density at radius 2 is 2.36 bits per heavy atom. The highest BCUT2D eigenvalue weighted by Gasteiger charge is 2.04. The molecule has 5 nitrogen and oxygen atoms in total. The lowest BCUT2D eigenvalue weighted by atomic mass is 10.5. The van der Waals surface area contributed by atoms with Crippen molar-refractivity contribution in [2.75, 3.05) is 6.61 Å². The second-order valence-electron chi connectivity index (χ2n) is 2.01. The van der Waals surface area contributed by atoms with E-state index < -0.39 is 0 Å². The largest absolute Gasteiger partial charge is 0.408 e. The number of hydrogen-bond acceptors (Lipinski definition) is 3. The average molecular weight is 157 g/mol. The number of aromatic nitrogens is 3. The first-order chi connectivity index (χ1) is 5.29. The van der Waals surface area contributed by atoms with E-state index in [4.69, 9.17) is 4.84 Å². The van der Waals surface area contributed by atoms with E-state index in [2.05, 4.69) is 10.2 Å². The molecule has 0 atom stereocenters. The molecule has 0 aliphatic rings. The predicted octanol–water partition coefficient (Wildman–Crippen LogP) is -0.418. The van der Waals surface area contributed by atoms with E-state index >= 15 is 0 Å². The van der Waals surface area contributed by atoms with Gasteiger partial charge in [0, 0.05) is 6.42 Å². The Kier molecular flexibility index (Phi) is 2.30. The van der Waals surface area contributed by atoms with Gasteiger partial charge in [0.15, 0.2) is 5.82 Å². The van der Waals surface area contributed by atoms with E-state index in [9.17, 15) is 4.79 Å². The van der Waals surface area contributed by atoms with Crippen molar-refractivity contribution >= 4 is 0 Å². The maximum atomic E-state index is 10.9. The first kappa shape index (κ1) is 7.84. The Bertz CT molecular complexity index is 276. The van der Waals surface area contributed by atoms with Crippen LogP contribution < -0.4 is 10.5 Å². The highest BCUT2D eigenvalue weighted by atomic mass is 16.7. The van der Waals surface area contributed by atoms with Gasteiger partial charge in [0.1, 0.15) is 6.61 Å². The van der Waals surface area contributed by atoms with Gasteiger partial charge in [0.25, 0.3) is 0 Å². The molecule has 0 fully saturated rings. The second kappa shape index (κ2) is 3.23. The maximum Gasteiger partial charge on any atom is 0.376 e. The average Bonchev–Trinajstić information content (AvgIpc) is 2.34. The van der Waals surface area contributed by atoms with Crippen LogP contribution in [0.4, 0.5) is 0 Å². The van der Waals surface area contributed by atoms with Crippen LogP contribution in [0.3, 0.4) is 0 Å². The van der Waals surface area contributed by atoms with Crippen molar-refractivity contribution in [3.8, 4) is 0 Å². The van der Waals surface area contributed by atoms with Crippen LogP contribution in [-0.4, -0.2) is 21.5 Å². The SMILES string of the molecule is CCOn1c(CC)n[nH]c1=O. The van der Waals surface area contributed by atoms with E-state index in [-0.39, 0.29) is 5.69 Å². The van der Waals surface area contributed by atoms with Gasteiger partial charge in [0.05, 0.1) is 0 Å². The summed E-state index contributed by atoms with van der Waals surface area (Å²) in [5.41, 5.74) is -0.316. The third-order valence-corrected chi connectivity index (χ3v) is 1.27. The molecule has 1 heterocycles. The van der Waals surface area contributed by atoms with Gasteiger partial charge in [-0.3, -0.25) is 0 Å². The molecule has 1 rings (SSSR count). The zero-order chi connectivity index (χ0) is 8.27. The van der Waals surface area contributed by atoms with Crippen molar-refractivity contribution in [2.24, 2.45) is 0 Å². The molecule has 62 valence electrons. The number of nitrogens with one attached hydrogen (secondary N) is 1. The molecule has 0 saturated heterocycles. The van der Waals surface area contributed by atoms with Crippen molar-refractivity contribution in [3.05, 3.63) is 16.3 Å². The van der Waals surface area contributed by atoms with Crippen molar-refractivity contribution in [3.63, 3.8) is 0 Å². The molecule has 0 bridgehead atoms. The molecule has 0 aliphatic heterocycles. The number of rotatable bonds is 3. The fourth-order valence-electron chi connectivity index (χ4n) is 0.805. The highest BCUT2D eigenvalue weighted by molar-refractivity contribution is 4.81. The first-order valence-corrected chi connectivity index (χ1v) is 3.59. The molecule has 11 heavy (non-hydrogen) atoms. The van der Waals surface area contributed by atoms with Gasteiger partial charge in [-0.15, -0.1) is 4.73 Å². The minimum atomic E-state index is -0.316. The lowest BCUT2D eigenvalue weighted by Gasteiger charge is -2.01. The molecule has 0 amide bonds. The third kappa shape index (κ3) is 1.42. The molecule has 1 aromatic rings. The summed E-state index contributed by atoms with van der Waals surface area (Å²) in [7, 11) is 0. The summed E-state index contributed by atoms with van der Waals surface area (Å²) < 4.78 is 1.18. The van der Waals surface area contributed by atoms with Crippen molar-refractivity contribution in [1.82, 2.24) is 14.9 Å². The van der Waals surface area contributed by atoms with Crippen LogP contribution in [0.2, 0.25) is 0 Å². The molecule has 0 spiro atoms. The number of aromatic amines is 1. The Morgan fingerprint density at radius 1 is 1.64 bits per heavy atom. The van der Waals surface area contributed by atoms with E-state index in [0.29, 0.717) is 18.9 Å². The summed E-state index contributed by atoms with van der Waals surface area (Å²) in [5.74, 6) is 0.622. The summed E-state index contributed by atoms with van der Waals surface area (Å²) in [6.45, 7) is 4.19. The molecule has 0 radical (unpaired) electrons. The summed E-state index contributed by atoms with van der Waals surface area (Å²) in [6, 6.07) is 0. The minimum absolute atomic E-state index is 0.316. The van der Waals surface area contributed by atoms with Crippen molar-refractivity contribution in [2.45, 2.75) is 20.3 Å². The van der Waals surface area contributed by atoms with Gasteiger partial charge in [-0.05, 0) is 6.92 Å². The van der Waals surface area contributed by atoms with Gasteiger partial charge in [-0.2, -0.15) is 5.10 Å². The molecule has 0 saturated carbocycles. The highest BCUT2D eigenvalue weighted by Crippen LogP contribution is 1.87. The molecule has 0 unspecified atom stereocenters. The molecule has 0 aliphatic carbocycles. The van der Waals surface area contributed by atoms with E-state index in [0.717, 1.165) is 0 Å². The molecular formula is C6H11N3O2. The van der Waals surface area contributed by atoms with E-state index in [1.807, 2.05) is 13.8 Å². The normalized spacial score (nSPS) is 10.0. The number of aryl methyl sites for hydroxylation is 1. The Hall–Kier alpha value is -1.26. The molecule has 0 aromatic carbocycles. The van der Waals surface area contributed by atoms with Gasteiger partial charge in [-0.1, -0.05) is 6.92 Å². The number of H-pyrrole nitrogens is 1. The predicted molar refractivity (Wildman–Crippen MR) is 39.3 cm³/mol. The van der Waals surface area contributed by atoms with Gasteiger partial charge in [0.2, 0.25) is 0 Å². The van der Waals surface area contributed by atoms with Gasteiger partial charge < -0.3 is 4.84 Å². The lowest BCUT2D eigenvalue weighted by Crippen LogP contribution is -2.26. The Balaban J connectivity index is 2.97. The summed E-state index contributed by atoms with van der Waals surface area (Å²) >= 11 is 0. The van der Waals surface area contributed by atoms with Crippen molar-refractivity contribution < 1.29 is 4.84 Å². The Labute approximate surface area is 63.9 Å². The van der Waals surface area contributed by atoms with Crippen LogP contribution >= 0.6 is 0 Å². The third-order valence-electron chi connectivity index (χ3n) is 1.27. The van der Waals surface area contributed by atoms with Gasteiger partial charge >= 0.3 is 5.69 Å². The zero-order valence-electron chi connectivity index (χ0n) is 6.63. The minimum Gasteiger partial charge on any atom is -0.408 e. The monoisotopic (exact) mass is 157 g/mol. The molecule has 1 N–H and O–H groups in total. The maximum absolute atomic E-state index is 10.9. The Morgan fingerprint density at radius 3 is 2.91 bits per heavy atom. The van der Waals surface area contributed by atoms with Crippen LogP contribution in [-0.2, 0) is 6.42 Å². The van der Waals surface area contributed by atoms with Crippen LogP contribution in [0.25, 0.3) is 0 Å². The van der Waals surface area contributed by atoms with Crippen LogP contribution in [0.15, 0.2) is 4.79 Å². The summed E-state index contributed by atoms with van der Waals surface area (Å²) in [5, 5.41) is 6.06. The molecule has 5 heteroatoms. The molecular weight excluding hydrogens is 146 g/mol. The van der Waals surface area contributed by atoms with Crippen LogP contribution in [0.1, 0.15) is 19.7 Å². The quantitative estimate of drug-likeness (QED) is 0.648. The number of nitrogens with zero attached hydrogens (tertiary/aromatic N) is 2.